The van der Waals surface area contributed by atoms with Gasteiger partial charge in [0, 0.05) is 5.92 Å². The molecule has 0 aromatic heterocycles. The SMILES string of the molecule is C=CCCCC1CC1(C)OC(=O)NCC(=O)OC(C)(C)C. The number of hydrogen-bond donors (Lipinski definition) is 1. The van der Waals surface area contributed by atoms with Crippen molar-refractivity contribution in [3.8, 4) is 0 Å². The second-order valence-electron chi connectivity index (χ2n) is 6.76. The van der Waals surface area contributed by atoms with Crippen LogP contribution in [-0.4, -0.2) is 29.8 Å². The summed E-state index contributed by atoms with van der Waals surface area (Å²) >= 11 is 0. The highest BCUT2D eigenvalue weighted by Gasteiger charge is 2.53. The number of carbonyl (C=O) groups is 2. The fourth-order valence-electron chi connectivity index (χ4n) is 2.24. The van der Waals surface area contributed by atoms with Crippen molar-refractivity contribution in [2.45, 2.75) is 64.6 Å². The summed E-state index contributed by atoms with van der Waals surface area (Å²) in [6.45, 7) is 10.8. The van der Waals surface area contributed by atoms with Crippen LogP contribution in [-0.2, 0) is 14.3 Å². The lowest BCUT2D eigenvalue weighted by Crippen LogP contribution is -2.36. The Hall–Kier alpha value is -1.52. The smallest absolute Gasteiger partial charge is 0.408 e. The zero-order valence-electron chi connectivity index (χ0n) is 13.5. The minimum atomic E-state index is -0.561. The number of ether oxygens (including phenoxy) is 2. The second-order valence-corrected chi connectivity index (χ2v) is 6.76. The predicted molar refractivity (Wildman–Crippen MR) is 80.9 cm³/mol. The number of allylic oxidation sites excluding steroid dienone is 1. The number of amides is 1. The fraction of sp³-hybridized carbons (Fsp3) is 0.750. The van der Waals surface area contributed by atoms with E-state index in [0.717, 1.165) is 25.7 Å². The van der Waals surface area contributed by atoms with E-state index in [0.29, 0.717) is 5.92 Å². The Morgan fingerprint density at radius 3 is 2.67 bits per heavy atom. The van der Waals surface area contributed by atoms with E-state index in [1.807, 2.05) is 13.0 Å². The first-order valence-corrected chi connectivity index (χ1v) is 7.46. The highest BCUT2D eigenvalue weighted by atomic mass is 16.6. The van der Waals surface area contributed by atoms with Crippen LogP contribution in [0.5, 0.6) is 0 Å². The molecular formula is C16H27NO4. The predicted octanol–water partition coefficient (Wildman–Crippen LogP) is 3.19. The zero-order chi connectivity index (χ0) is 16.1. The zero-order valence-corrected chi connectivity index (χ0v) is 13.5. The van der Waals surface area contributed by atoms with Gasteiger partial charge in [-0.2, -0.15) is 0 Å². The highest BCUT2D eigenvalue weighted by molar-refractivity contribution is 5.78. The Morgan fingerprint density at radius 1 is 1.43 bits per heavy atom. The molecule has 5 heteroatoms. The molecule has 0 heterocycles. The van der Waals surface area contributed by atoms with Crippen LogP contribution in [0.25, 0.3) is 0 Å². The number of carbonyl (C=O) groups excluding carboxylic acids is 2. The summed E-state index contributed by atoms with van der Waals surface area (Å²) in [5.74, 6) is -0.0624. The first-order chi connectivity index (χ1) is 9.66. The molecule has 1 amide bonds. The third-order valence-electron chi connectivity index (χ3n) is 3.44. The minimum absolute atomic E-state index is 0.173. The molecule has 0 spiro atoms. The number of nitrogens with one attached hydrogen (secondary N) is 1. The number of rotatable bonds is 7. The van der Waals surface area contributed by atoms with Crippen LogP contribution < -0.4 is 5.32 Å². The van der Waals surface area contributed by atoms with Crippen molar-refractivity contribution in [1.82, 2.24) is 5.32 Å². The molecule has 1 fully saturated rings. The number of unbranched alkanes of at least 4 members (excludes halogenated alkanes) is 1. The first kappa shape index (κ1) is 17.5. The summed E-state index contributed by atoms with van der Waals surface area (Å²) in [7, 11) is 0. The van der Waals surface area contributed by atoms with Crippen molar-refractivity contribution < 1.29 is 19.1 Å². The molecule has 1 N–H and O–H groups in total. The van der Waals surface area contributed by atoms with Gasteiger partial charge in [-0.25, -0.2) is 4.79 Å². The maximum absolute atomic E-state index is 11.7. The van der Waals surface area contributed by atoms with Crippen LogP contribution in [0.4, 0.5) is 4.79 Å². The minimum Gasteiger partial charge on any atom is -0.459 e. The van der Waals surface area contributed by atoms with Gasteiger partial charge in [0.25, 0.3) is 0 Å². The normalized spacial score (nSPS) is 24.1. The molecule has 1 aliphatic carbocycles. The Kier molecular flexibility index (Phi) is 5.81. The van der Waals surface area contributed by atoms with Gasteiger partial charge in [-0.05, 0) is 53.4 Å². The van der Waals surface area contributed by atoms with Gasteiger partial charge in [0.1, 0.15) is 17.7 Å². The van der Waals surface area contributed by atoms with Crippen LogP contribution >= 0.6 is 0 Å². The van der Waals surface area contributed by atoms with Gasteiger partial charge in [-0.3, -0.25) is 4.79 Å². The molecule has 0 aliphatic heterocycles. The van der Waals surface area contributed by atoms with Gasteiger partial charge >= 0.3 is 12.1 Å². The molecule has 2 atom stereocenters. The standard InChI is InChI=1S/C16H27NO4/c1-6-7-8-9-12-10-16(12,5)21-14(19)17-11-13(18)20-15(2,3)4/h6,12H,1,7-11H2,2-5H3,(H,17,19). The van der Waals surface area contributed by atoms with E-state index in [-0.39, 0.29) is 12.1 Å². The Balaban J connectivity index is 2.23. The molecule has 0 radical (unpaired) electrons. The van der Waals surface area contributed by atoms with Crippen LogP contribution in [0.15, 0.2) is 12.7 Å². The molecule has 2 unspecified atom stereocenters. The van der Waals surface area contributed by atoms with Gasteiger partial charge in [-0.15, -0.1) is 6.58 Å². The molecule has 0 saturated heterocycles. The molecular weight excluding hydrogens is 270 g/mol. The molecule has 0 aromatic carbocycles. The molecule has 1 aliphatic rings. The van der Waals surface area contributed by atoms with Crippen LogP contribution in [0, 0.1) is 5.92 Å². The van der Waals surface area contributed by atoms with Gasteiger partial charge < -0.3 is 14.8 Å². The molecule has 21 heavy (non-hydrogen) atoms. The quantitative estimate of drug-likeness (QED) is 0.445. The maximum atomic E-state index is 11.7. The van der Waals surface area contributed by atoms with Crippen LogP contribution in [0.1, 0.15) is 53.4 Å². The fourth-order valence-corrected chi connectivity index (χ4v) is 2.24. The highest BCUT2D eigenvalue weighted by Crippen LogP contribution is 2.49. The van der Waals surface area contributed by atoms with Crippen molar-refractivity contribution in [3.05, 3.63) is 12.7 Å². The van der Waals surface area contributed by atoms with Crippen LogP contribution in [0.2, 0.25) is 0 Å². The van der Waals surface area contributed by atoms with Gasteiger partial charge in [0.15, 0.2) is 0 Å². The maximum Gasteiger partial charge on any atom is 0.408 e. The number of alkyl carbamates (subject to hydrolysis) is 1. The molecule has 120 valence electrons. The summed E-state index contributed by atoms with van der Waals surface area (Å²) in [5, 5.41) is 2.44. The van der Waals surface area contributed by atoms with E-state index >= 15 is 0 Å². The summed E-state index contributed by atoms with van der Waals surface area (Å²) < 4.78 is 10.5. The van der Waals surface area contributed by atoms with E-state index in [1.54, 1.807) is 20.8 Å². The molecule has 1 rings (SSSR count). The third kappa shape index (κ3) is 6.65. The average molecular weight is 297 g/mol. The van der Waals surface area contributed by atoms with E-state index in [4.69, 9.17) is 9.47 Å². The van der Waals surface area contributed by atoms with E-state index in [1.165, 1.54) is 0 Å². The average Bonchev–Trinajstić information content (AvgIpc) is 2.95. The van der Waals surface area contributed by atoms with Crippen molar-refractivity contribution >= 4 is 12.1 Å². The largest absolute Gasteiger partial charge is 0.459 e. The lowest BCUT2D eigenvalue weighted by Gasteiger charge is -2.20. The monoisotopic (exact) mass is 297 g/mol. The summed E-state index contributed by atoms with van der Waals surface area (Å²) in [4.78, 5) is 23.2. The lowest BCUT2D eigenvalue weighted by molar-refractivity contribution is -0.153. The van der Waals surface area contributed by atoms with E-state index in [9.17, 15) is 9.59 Å². The van der Waals surface area contributed by atoms with Gasteiger partial charge in [0.2, 0.25) is 0 Å². The van der Waals surface area contributed by atoms with Crippen molar-refractivity contribution in [1.29, 1.82) is 0 Å². The summed E-state index contributed by atoms with van der Waals surface area (Å²) in [6.07, 6.45) is 5.29. The molecule has 1 saturated carbocycles. The van der Waals surface area contributed by atoms with Gasteiger partial charge in [-0.1, -0.05) is 6.08 Å². The molecule has 0 bridgehead atoms. The first-order valence-electron chi connectivity index (χ1n) is 7.46. The molecule has 5 nitrogen and oxygen atoms in total. The van der Waals surface area contributed by atoms with E-state index in [2.05, 4.69) is 11.9 Å². The number of esters is 1. The van der Waals surface area contributed by atoms with Crippen molar-refractivity contribution in [2.75, 3.05) is 6.54 Å². The molecule has 0 aromatic rings. The van der Waals surface area contributed by atoms with Gasteiger partial charge in [0.05, 0.1) is 0 Å². The van der Waals surface area contributed by atoms with E-state index < -0.39 is 17.7 Å². The number of hydrogen-bond acceptors (Lipinski definition) is 4. The third-order valence-corrected chi connectivity index (χ3v) is 3.44. The van der Waals surface area contributed by atoms with Crippen LogP contribution in [0.3, 0.4) is 0 Å². The Labute approximate surface area is 127 Å². The Bertz CT molecular complexity index is 400. The topological polar surface area (TPSA) is 64.6 Å². The summed E-state index contributed by atoms with van der Waals surface area (Å²) in [6, 6.07) is 0. The lowest BCUT2D eigenvalue weighted by atomic mass is 10.1. The van der Waals surface area contributed by atoms with Crippen molar-refractivity contribution in [2.24, 2.45) is 5.92 Å². The summed E-state index contributed by atoms with van der Waals surface area (Å²) in [5.41, 5.74) is -0.944. The van der Waals surface area contributed by atoms with Crippen molar-refractivity contribution in [3.63, 3.8) is 0 Å². The Morgan fingerprint density at radius 2 is 2.10 bits per heavy atom. The second kappa shape index (κ2) is 6.96.